The molecule has 0 heterocycles. The highest BCUT2D eigenvalue weighted by Crippen LogP contribution is 2.25. The maximum atomic E-state index is 12.5. The molecule has 0 atom stereocenters. The molecule has 0 spiro atoms. The predicted octanol–water partition coefficient (Wildman–Crippen LogP) is 4.52. The van der Waals surface area contributed by atoms with Gasteiger partial charge in [-0.1, -0.05) is 44.5 Å². The minimum absolute atomic E-state index is 0.0615. The number of halogens is 1. The molecule has 0 saturated carbocycles. The first kappa shape index (κ1) is 24.2. The lowest BCUT2D eigenvalue weighted by atomic mass is 10.1. The molecule has 0 bridgehead atoms. The standard InChI is InChI=1S/C23H29ClN4O3/c1-4-7-21(29)27-16-10-11-18(24)20(12-16)25-14-22(30)28-19-9-6-5-8-17(19)23(31)26-13-15(2)3/h5-6,8-12,15,25H,4,7,13-14H2,1-3H3,(H,26,31)(H,27,29)(H,28,30). The van der Waals surface area contributed by atoms with Crippen molar-refractivity contribution < 1.29 is 14.4 Å². The number of rotatable bonds is 10. The molecule has 0 aliphatic rings. The Balaban J connectivity index is 2.00. The van der Waals surface area contributed by atoms with Gasteiger partial charge in [0.1, 0.15) is 0 Å². The van der Waals surface area contributed by atoms with Gasteiger partial charge in [0.15, 0.2) is 0 Å². The van der Waals surface area contributed by atoms with Crippen LogP contribution in [-0.2, 0) is 9.59 Å². The Labute approximate surface area is 187 Å². The highest BCUT2D eigenvalue weighted by molar-refractivity contribution is 6.33. The van der Waals surface area contributed by atoms with Crippen LogP contribution >= 0.6 is 11.6 Å². The van der Waals surface area contributed by atoms with Gasteiger partial charge < -0.3 is 21.3 Å². The second kappa shape index (κ2) is 12.0. The summed E-state index contributed by atoms with van der Waals surface area (Å²) < 4.78 is 0. The molecule has 3 amide bonds. The molecule has 2 aromatic carbocycles. The van der Waals surface area contributed by atoms with Crippen molar-refractivity contribution in [2.24, 2.45) is 5.92 Å². The Kier molecular flexibility index (Phi) is 9.34. The van der Waals surface area contributed by atoms with Crippen LogP contribution in [0.5, 0.6) is 0 Å². The zero-order valence-corrected chi connectivity index (χ0v) is 18.8. The van der Waals surface area contributed by atoms with Crippen LogP contribution in [-0.4, -0.2) is 30.8 Å². The van der Waals surface area contributed by atoms with E-state index in [1.54, 1.807) is 42.5 Å². The second-order valence-corrected chi connectivity index (χ2v) is 7.95. The molecule has 7 nitrogen and oxygen atoms in total. The van der Waals surface area contributed by atoms with Crippen LogP contribution in [0.4, 0.5) is 17.1 Å². The second-order valence-electron chi connectivity index (χ2n) is 7.54. The maximum Gasteiger partial charge on any atom is 0.253 e. The quantitative estimate of drug-likeness (QED) is 0.433. The summed E-state index contributed by atoms with van der Waals surface area (Å²) in [7, 11) is 0. The van der Waals surface area contributed by atoms with Crippen molar-refractivity contribution >= 4 is 46.4 Å². The summed E-state index contributed by atoms with van der Waals surface area (Å²) in [5, 5.41) is 11.8. The largest absolute Gasteiger partial charge is 0.375 e. The number of carbonyl (C=O) groups excluding carboxylic acids is 3. The minimum Gasteiger partial charge on any atom is -0.375 e. The lowest BCUT2D eigenvalue weighted by Gasteiger charge is -2.14. The van der Waals surface area contributed by atoms with Crippen LogP contribution in [0.2, 0.25) is 5.02 Å². The molecular formula is C23H29ClN4O3. The molecule has 0 aromatic heterocycles. The molecule has 2 aromatic rings. The SMILES string of the molecule is CCCC(=O)Nc1ccc(Cl)c(NCC(=O)Nc2ccccc2C(=O)NCC(C)C)c1. The number of nitrogens with one attached hydrogen (secondary N) is 4. The molecule has 166 valence electrons. The Bertz CT molecular complexity index is 931. The summed E-state index contributed by atoms with van der Waals surface area (Å²) in [5.74, 6) is -0.334. The van der Waals surface area contributed by atoms with Crippen LogP contribution in [0.1, 0.15) is 44.0 Å². The first-order chi connectivity index (χ1) is 14.8. The van der Waals surface area contributed by atoms with E-state index >= 15 is 0 Å². The summed E-state index contributed by atoms with van der Waals surface area (Å²) in [6.07, 6.45) is 1.18. The van der Waals surface area contributed by atoms with Gasteiger partial charge in [0.2, 0.25) is 11.8 Å². The third-order valence-corrected chi connectivity index (χ3v) is 4.61. The van der Waals surface area contributed by atoms with E-state index < -0.39 is 0 Å². The molecule has 0 unspecified atom stereocenters. The fraction of sp³-hybridized carbons (Fsp3) is 0.348. The maximum absolute atomic E-state index is 12.5. The summed E-state index contributed by atoms with van der Waals surface area (Å²) in [5.41, 5.74) is 1.95. The van der Waals surface area contributed by atoms with Gasteiger partial charge in [-0.3, -0.25) is 14.4 Å². The molecule has 4 N–H and O–H groups in total. The third-order valence-electron chi connectivity index (χ3n) is 4.28. The first-order valence-electron chi connectivity index (χ1n) is 10.3. The summed E-state index contributed by atoms with van der Waals surface area (Å²) in [4.78, 5) is 36.7. The van der Waals surface area contributed by atoms with E-state index in [2.05, 4.69) is 21.3 Å². The number of benzene rings is 2. The summed E-state index contributed by atoms with van der Waals surface area (Å²) >= 11 is 6.20. The van der Waals surface area contributed by atoms with E-state index in [0.717, 1.165) is 6.42 Å². The van der Waals surface area contributed by atoms with E-state index in [9.17, 15) is 14.4 Å². The van der Waals surface area contributed by atoms with E-state index in [1.807, 2.05) is 20.8 Å². The third kappa shape index (κ3) is 7.94. The van der Waals surface area contributed by atoms with E-state index in [1.165, 1.54) is 0 Å². The van der Waals surface area contributed by atoms with E-state index in [-0.39, 0.29) is 24.3 Å². The van der Waals surface area contributed by atoms with Crippen molar-refractivity contribution in [1.82, 2.24) is 5.32 Å². The van der Waals surface area contributed by atoms with Gasteiger partial charge >= 0.3 is 0 Å². The van der Waals surface area contributed by atoms with Crippen LogP contribution in [0, 0.1) is 5.92 Å². The van der Waals surface area contributed by atoms with Gasteiger partial charge in [-0.05, 0) is 42.7 Å². The topological polar surface area (TPSA) is 99.3 Å². The number of anilines is 3. The van der Waals surface area contributed by atoms with Crippen molar-refractivity contribution in [3.63, 3.8) is 0 Å². The van der Waals surface area contributed by atoms with Crippen molar-refractivity contribution in [2.75, 3.05) is 29.0 Å². The van der Waals surface area contributed by atoms with E-state index in [0.29, 0.717) is 46.5 Å². The van der Waals surface area contributed by atoms with Gasteiger partial charge in [-0.2, -0.15) is 0 Å². The summed E-state index contributed by atoms with van der Waals surface area (Å²) in [6, 6.07) is 11.9. The van der Waals surface area contributed by atoms with Gasteiger partial charge in [0.25, 0.3) is 5.91 Å². The lowest BCUT2D eigenvalue weighted by molar-refractivity contribution is -0.116. The van der Waals surface area contributed by atoms with Gasteiger partial charge in [-0.15, -0.1) is 0 Å². The fourth-order valence-corrected chi connectivity index (χ4v) is 2.93. The lowest BCUT2D eigenvalue weighted by Crippen LogP contribution is -2.29. The normalized spacial score (nSPS) is 10.5. The molecule has 0 radical (unpaired) electrons. The smallest absolute Gasteiger partial charge is 0.253 e. The predicted molar refractivity (Wildman–Crippen MR) is 126 cm³/mol. The molecule has 0 fully saturated rings. The minimum atomic E-state index is -0.333. The van der Waals surface area contributed by atoms with Crippen molar-refractivity contribution in [3.05, 3.63) is 53.1 Å². The van der Waals surface area contributed by atoms with Gasteiger partial charge in [-0.25, -0.2) is 0 Å². The Morgan fingerprint density at radius 2 is 1.71 bits per heavy atom. The first-order valence-corrected chi connectivity index (χ1v) is 10.7. The molecule has 31 heavy (non-hydrogen) atoms. The van der Waals surface area contributed by atoms with Gasteiger partial charge in [0, 0.05) is 18.7 Å². The molecule has 0 aliphatic heterocycles. The van der Waals surface area contributed by atoms with Crippen molar-refractivity contribution in [1.29, 1.82) is 0 Å². The zero-order chi connectivity index (χ0) is 22.8. The molecule has 8 heteroatoms. The number of carbonyl (C=O) groups is 3. The molecular weight excluding hydrogens is 416 g/mol. The number of hydrogen-bond acceptors (Lipinski definition) is 4. The van der Waals surface area contributed by atoms with Crippen LogP contribution in [0.3, 0.4) is 0 Å². The average molecular weight is 445 g/mol. The van der Waals surface area contributed by atoms with E-state index in [4.69, 9.17) is 11.6 Å². The van der Waals surface area contributed by atoms with Crippen LogP contribution in [0.15, 0.2) is 42.5 Å². The zero-order valence-electron chi connectivity index (χ0n) is 18.0. The number of hydrogen-bond donors (Lipinski definition) is 4. The number of para-hydroxylation sites is 1. The molecule has 2 rings (SSSR count). The Morgan fingerprint density at radius 1 is 0.968 bits per heavy atom. The van der Waals surface area contributed by atoms with Crippen molar-refractivity contribution in [2.45, 2.75) is 33.6 Å². The highest BCUT2D eigenvalue weighted by Gasteiger charge is 2.14. The Morgan fingerprint density at radius 3 is 2.42 bits per heavy atom. The molecule has 0 aliphatic carbocycles. The fourth-order valence-electron chi connectivity index (χ4n) is 2.74. The van der Waals surface area contributed by atoms with Crippen LogP contribution < -0.4 is 21.3 Å². The summed E-state index contributed by atoms with van der Waals surface area (Å²) in [6.45, 7) is 6.43. The van der Waals surface area contributed by atoms with Crippen LogP contribution in [0.25, 0.3) is 0 Å². The van der Waals surface area contributed by atoms with Crippen molar-refractivity contribution in [3.8, 4) is 0 Å². The average Bonchev–Trinajstić information content (AvgIpc) is 2.73. The number of amides is 3. The monoisotopic (exact) mass is 444 g/mol. The highest BCUT2D eigenvalue weighted by atomic mass is 35.5. The Hall–Kier alpha value is -3.06. The van der Waals surface area contributed by atoms with Gasteiger partial charge in [0.05, 0.1) is 28.5 Å². The molecule has 0 saturated heterocycles.